The van der Waals surface area contributed by atoms with E-state index in [0.717, 1.165) is 16.9 Å². The van der Waals surface area contributed by atoms with Crippen LogP contribution in [0.1, 0.15) is 44.7 Å². The number of carbonyl (C=O) groups excluding carboxylic acids is 3. The molecule has 0 radical (unpaired) electrons. The molecule has 178 valence electrons. The molecule has 2 aromatic rings. The van der Waals surface area contributed by atoms with Gasteiger partial charge in [-0.2, -0.15) is 0 Å². The minimum atomic E-state index is -0.648. The number of ether oxygens (including phenoxy) is 2. The van der Waals surface area contributed by atoms with Gasteiger partial charge in [-0.15, -0.1) is 0 Å². The van der Waals surface area contributed by atoms with Gasteiger partial charge >= 0.3 is 6.09 Å². The Morgan fingerprint density at radius 3 is 2.27 bits per heavy atom. The molecule has 0 bridgehead atoms. The lowest BCUT2D eigenvalue weighted by Gasteiger charge is -2.19. The Morgan fingerprint density at radius 1 is 0.909 bits per heavy atom. The largest absolute Gasteiger partial charge is 0.493 e. The summed E-state index contributed by atoms with van der Waals surface area (Å²) in [6.07, 6.45) is 0.359. The van der Waals surface area contributed by atoms with E-state index in [9.17, 15) is 14.4 Å². The Labute approximate surface area is 195 Å². The number of amides is 3. The van der Waals surface area contributed by atoms with Gasteiger partial charge in [-0.3, -0.25) is 9.59 Å². The maximum absolute atomic E-state index is 12.1. The summed E-state index contributed by atoms with van der Waals surface area (Å²) in [7, 11) is 0. The topological polar surface area (TPSA) is 106 Å². The van der Waals surface area contributed by atoms with Crippen molar-refractivity contribution in [2.45, 2.75) is 52.7 Å². The van der Waals surface area contributed by atoms with Crippen molar-refractivity contribution in [3.05, 3.63) is 59.7 Å². The summed E-state index contributed by atoms with van der Waals surface area (Å²) in [5.41, 5.74) is 1.95. The van der Waals surface area contributed by atoms with Gasteiger partial charge < -0.3 is 25.4 Å². The molecule has 8 heteroatoms. The van der Waals surface area contributed by atoms with Crippen LogP contribution in [0.15, 0.2) is 48.5 Å². The SMILES string of the molecule is Cc1ccccc1OCCCC(=O)NCc1ccc(NC(=O)CNC(=O)OC(C)(C)C)cc1. The van der Waals surface area contributed by atoms with Gasteiger partial charge in [0.25, 0.3) is 0 Å². The molecule has 0 aliphatic heterocycles. The Bertz CT molecular complexity index is 936. The fourth-order valence-corrected chi connectivity index (χ4v) is 2.80. The zero-order chi connectivity index (χ0) is 24.3. The molecule has 0 saturated heterocycles. The highest BCUT2D eigenvalue weighted by Gasteiger charge is 2.16. The molecule has 0 unspecified atom stereocenters. The van der Waals surface area contributed by atoms with E-state index in [1.807, 2.05) is 43.3 Å². The first kappa shape index (κ1) is 25.7. The van der Waals surface area contributed by atoms with E-state index in [0.29, 0.717) is 31.7 Å². The summed E-state index contributed by atoms with van der Waals surface area (Å²) >= 11 is 0. The third-order valence-corrected chi connectivity index (χ3v) is 4.42. The molecule has 0 fully saturated rings. The van der Waals surface area contributed by atoms with Gasteiger partial charge in [-0.1, -0.05) is 30.3 Å². The molecule has 0 aromatic heterocycles. The van der Waals surface area contributed by atoms with E-state index >= 15 is 0 Å². The molecule has 33 heavy (non-hydrogen) atoms. The molecular weight excluding hydrogens is 422 g/mol. The van der Waals surface area contributed by atoms with E-state index in [1.54, 1.807) is 32.9 Å². The number of rotatable bonds is 10. The van der Waals surface area contributed by atoms with Crippen molar-refractivity contribution in [1.82, 2.24) is 10.6 Å². The highest BCUT2D eigenvalue weighted by Crippen LogP contribution is 2.16. The van der Waals surface area contributed by atoms with Crippen LogP contribution in [0.4, 0.5) is 10.5 Å². The van der Waals surface area contributed by atoms with Crippen molar-refractivity contribution in [3.63, 3.8) is 0 Å². The summed E-state index contributed by atoms with van der Waals surface area (Å²) in [6.45, 7) is 7.91. The smallest absolute Gasteiger partial charge is 0.408 e. The number of benzene rings is 2. The van der Waals surface area contributed by atoms with Crippen LogP contribution in [-0.2, 0) is 20.9 Å². The van der Waals surface area contributed by atoms with Crippen LogP contribution >= 0.6 is 0 Å². The van der Waals surface area contributed by atoms with Crippen molar-refractivity contribution >= 4 is 23.6 Å². The molecule has 0 saturated carbocycles. The lowest BCUT2D eigenvalue weighted by molar-refractivity contribution is -0.121. The lowest BCUT2D eigenvalue weighted by atomic mass is 10.2. The molecule has 0 atom stereocenters. The Balaban J connectivity index is 1.64. The van der Waals surface area contributed by atoms with Crippen LogP contribution in [-0.4, -0.2) is 36.7 Å². The fourth-order valence-electron chi connectivity index (χ4n) is 2.80. The van der Waals surface area contributed by atoms with Crippen LogP contribution in [0.25, 0.3) is 0 Å². The van der Waals surface area contributed by atoms with Gasteiger partial charge in [-0.25, -0.2) is 4.79 Å². The van der Waals surface area contributed by atoms with Crippen LogP contribution < -0.4 is 20.7 Å². The summed E-state index contributed by atoms with van der Waals surface area (Å²) < 4.78 is 10.8. The number of hydrogen-bond acceptors (Lipinski definition) is 5. The fraction of sp³-hybridized carbons (Fsp3) is 0.400. The monoisotopic (exact) mass is 455 g/mol. The molecule has 2 rings (SSSR count). The number of carbonyl (C=O) groups is 3. The average Bonchev–Trinajstić information content (AvgIpc) is 2.75. The van der Waals surface area contributed by atoms with Gasteiger partial charge in [0.05, 0.1) is 6.61 Å². The van der Waals surface area contributed by atoms with Gasteiger partial charge in [-0.05, 0) is 63.4 Å². The zero-order valence-electron chi connectivity index (χ0n) is 19.7. The number of anilines is 1. The first-order chi connectivity index (χ1) is 15.6. The predicted octanol–water partition coefficient (Wildman–Crippen LogP) is 3.93. The third-order valence-electron chi connectivity index (χ3n) is 4.42. The van der Waals surface area contributed by atoms with Crippen molar-refractivity contribution in [3.8, 4) is 5.75 Å². The maximum atomic E-state index is 12.1. The summed E-state index contributed by atoms with van der Waals surface area (Å²) in [5.74, 6) is 0.425. The van der Waals surface area contributed by atoms with Crippen molar-refractivity contribution in [2.75, 3.05) is 18.5 Å². The number of nitrogens with one attached hydrogen (secondary N) is 3. The van der Waals surface area contributed by atoms with E-state index in [1.165, 1.54) is 0 Å². The minimum Gasteiger partial charge on any atom is -0.493 e. The van der Waals surface area contributed by atoms with Crippen molar-refractivity contribution in [1.29, 1.82) is 0 Å². The van der Waals surface area contributed by atoms with E-state index in [2.05, 4.69) is 16.0 Å². The zero-order valence-corrected chi connectivity index (χ0v) is 19.7. The summed E-state index contributed by atoms with van der Waals surface area (Å²) in [5, 5.41) is 7.98. The van der Waals surface area contributed by atoms with Gasteiger partial charge in [0.2, 0.25) is 11.8 Å². The second kappa shape index (κ2) is 12.5. The normalized spacial score (nSPS) is 10.8. The molecular formula is C25H33N3O5. The standard InChI is InChI=1S/C25H33N3O5/c1-18-8-5-6-9-21(18)32-15-7-10-22(29)26-16-19-11-13-20(14-12-19)28-23(30)17-27-24(31)33-25(2,3)4/h5-6,8-9,11-14H,7,10,15-17H2,1-4H3,(H,26,29)(H,27,31)(H,28,30). The molecule has 2 aromatic carbocycles. The quantitative estimate of drug-likeness (QED) is 0.471. The van der Waals surface area contributed by atoms with Crippen molar-refractivity contribution in [2.24, 2.45) is 0 Å². The number of alkyl carbamates (subject to hydrolysis) is 1. The first-order valence-corrected chi connectivity index (χ1v) is 10.9. The second-order valence-corrected chi connectivity index (χ2v) is 8.59. The third kappa shape index (κ3) is 10.5. The van der Waals surface area contributed by atoms with Crippen LogP contribution in [0.3, 0.4) is 0 Å². The van der Waals surface area contributed by atoms with Gasteiger partial charge in [0.15, 0.2) is 0 Å². The summed E-state index contributed by atoms with van der Waals surface area (Å²) in [6, 6.07) is 14.9. The summed E-state index contributed by atoms with van der Waals surface area (Å²) in [4.78, 5) is 35.6. The molecule has 0 heterocycles. The van der Waals surface area contributed by atoms with Crippen LogP contribution in [0.5, 0.6) is 5.75 Å². The van der Waals surface area contributed by atoms with E-state index < -0.39 is 11.7 Å². The van der Waals surface area contributed by atoms with Crippen LogP contribution in [0, 0.1) is 6.92 Å². The van der Waals surface area contributed by atoms with E-state index in [-0.39, 0.29) is 18.4 Å². The minimum absolute atomic E-state index is 0.0472. The lowest BCUT2D eigenvalue weighted by Crippen LogP contribution is -2.37. The van der Waals surface area contributed by atoms with Gasteiger partial charge in [0, 0.05) is 18.7 Å². The Morgan fingerprint density at radius 2 is 1.61 bits per heavy atom. The number of hydrogen-bond donors (Lipinski definition) is 3. The predicted molar refractivity (Wildman–Crippen MR) is 127 cm³/mol. The number of para-hydroxylation sites is 1. The highest BCUT2D eigenvalue weighted by atomic mass is 16.6. The van der Waals surface area contributed by atoms with Crippen LogP contribution in [0.2, 0.25) is 0 Å². The second-order valence-electron chi connectivity index (χ2n) is 8.59. The first-order valence-electron chi connectivity index (χ1n) is 10.9. The van der Waals surface area contributed by atoms with E-state index in [4.69, 9.17) is 9.47 Å². The van der Waals surface area contributed by atoms with Gasteiger partial charge in [0.1, 0.15) is 17.9 Å². The molecule has 8 nitrogen and oxygen atoms in total. The highest BCUT2D eigenvalue weighted by molar-refractivity contribution is 5.93. The molecule has 0 aliphatic carbocycles. The average molecular weight is 456 g/mol. The molecule has 0 spiro atoms. The van der Waals surface area contributed by atoms with Crippen molar-refractivity contribution < 1.29 is 23.9 Å². The maximum Gasteiger partial charge on any atom is 0.408 e. The molecule has 3 amide bonds. The Kier molecular flexibility index (Phi) is 9.72. The Hall–Kier alpha value is -3.55. The molecule has 3 N–H and O–H groups in total. The molecule has 0 aliphatic rings. The number of aryl methyl sites for hydroxylation is 1.